The number of carbonyl (C=O) groups is 2. The zero-order chi connectivity index (χ0) is 10.4. The normalized spacial score (nSPS) is 12.4. The number of esters is 2. The van der Waals surface area contributed by atoms with Crippen molar-refractivity contribution in [3.8, 4) is 0 Å². The monoisotopic (exact) mass is 188 g/mol. The lowest BCUT2D eigenvalue weighted by Crippen LogP contribution is -2.25. The lowest BCUT2D eigenvalue weighted by Gasteiger charge is -2.10. The van der Waals surface area contributed by atoms with Crippen LogP contribution in [0.4, 0.5) is 0 Å². The summed E-state index contributed by atoms with van der Waals surface area (Å²) in [4.78, 5) is 22.0. The highest BCUT2D eigenvalue weighted by Crippen LogP contribution is 2.03. The van der Waals surface area contributed by atoms with Gasteiger partial charge >= 0.3 is 11.9 Å². The third-order valence-electron chi connectivity index (χ3n) is 1.47. The molecule has 0 aromatic rings. The Morgan fingerprint density at radius 1 is 1.15 bits per heavy atom. The van der Waals surface area contributed by atoms with Gasteiger partial charge in [0.25, 0.3) is 0 Å². The molecule has 0 aromatic carbocycles. The molecule has 0 aromatic heterocycles. The maximum atomic E-state index is 11.1. The molecule has 0 spiro atoms. The van der Waals surface area contributed by atoms with Gasteiger partial charge in [0.05, 0.1) is 13.7 Å². The fourth-order valence-corrected chi connectivity index (χ4v) is 0.647. The van der Waals surface area contributed by atoms with Crippen molar-refractivity contribution >= 4 is 11.9 Å². The second-order valence-electron chi connectivity index (χ2n) is 3.27. The molecular formula is C9H16O4. The smallest absolute Gasteiger partial charge is 0.320 e. The molecule has 4 heteroatoms. The van der Waals surface area contributed by atoms with Gasteiger partial charge in [-0.3, -0.25) is 9.59 Å². The summed E-state index contributed by atoms with van der Waals surface area (Å²) in [6.07, 6.45) is 0. The van der Waals surface area contributed by atoms with Gasteiger partial charge in [-0.05, 0) is 12.8 Å². The summed E-state index contributed by atoms with van der Waals surface area (Å²) >= 11 is 0. The summed E-state index contributed by atoms with van der Waals surface area (Å²) in [6.45, 7) is 5.65. The minimum absolute atomic E-state index is 0.272. The molecule has 0 saturated heterocycles. The van der Waals surface area contributed by atoms with Crippen LogP contribution in [0, 0.1) is 11.8 Å². The SMILES string of the molecule is COC(=O)C(C)C(=O)OCC(C)C. The molecule has 0 N–H and O–H groups in total. The van der Waals surface area contributed by atoms with E-state index in [-0.39, 0.29) is 5.92 Å². The van der Waals surface area contributed by atoms with Crippen molar-refractivity contribution in [2.45, 2.75) is 20.8 Å². The van der Waals surface area contributed by atoms with E-state index in [9.17, 15) is 9.59 Å². The first-order valence-corrected chi connectivity index (χ1v) is 4.23. The fraction of sp³-hybridized carbons (Fsp3) is 0.778. The van der Waals surface area contributed by atoms with E-state index >= 15 is 0 Å². The average molecular weight is 188 g/mol. The van der Waals surface area contributed by atoms with E-state index in [4.69, 9.17) is 4.74 Å². The molecule has 0 aliphatic rings. The van der Waals surface area contributed by atoms with Crippen LogP contribution in [0.15, 0.2) is 0 Å². The molecule has 76 valence electrons. The van der Waals surface area contributed by atoms with Gasteiger partial charge in [0, 0.05) is 0 Å². The van der Waals surface area contributed by atoms with E-state index < -0.39 is 17.9 Å². The Kier molecular flexibility index (Phi) is 5.11. The molecule has 13 heavy (non-hydrogen) atoms. The number of hydrogen-bond acceptors (Lipinski definition) is 4. The molecule has 0 fully saturated rings. The van der Waals surface area contributed by atoms with E-state index in [1.807, 2.05) is 13.8 Å². The van der Waals surface area contributed by atoms with Crippen molar-refractivity contribution in [1.82, 2.24) is 0 Å². The van der Waals surface area contributed by atoms with Gasteiger partial charge in [-0.2, -0.15) is 0 Å². The van der Waals surface area contributed by atoms with Gasteiger partial charge < -0.3 is 9.47 Å². The summed E-state index contributed by atoms with van der Waals surface area (Å²) in [5.74, 6) is -1.65. The van der Waals surface area contributed by atoms with Gasteiger partial charge in [-0.15, -0.1) is 0 Å². The maximum Gasteiger partial charge on any atom is 0.320 e. The number of hydrogen-bond donors (Lipinski definition) is 0. The van der Waals surface area contributed by atoms with E-state index in [0.29, 0.717) is 6.61 Å². The van der Waals surface area contributed by atoms with Crippen LogP contribution in [0.1, 0.15) is 20.8 Å². The standard InChI is InChI=1S/C9H16O4/c1-6(2)5-13-9(11)7(3)8(10)12-4/h6-7H,5H2,1-4H3. The van der Waals surface area contributed by atoms with Crippen LogP contribution in [0.25, 0.3) is 0 Å². The first-order chi connectivity index (χ1) is 5.99. The van der Waals surface area contributed by atoms with E-state index in [2.05, 4.69) is 4.74 Å². The molecule has 0 heterocycles. The number of ether oxygens (including phenoxy) is 2. The summed E-state index contributed by atoms with van der Waals surface area (Å²) in [5.41, 5.74) is 0. The highest BCUT2D eigenvalue weighted by Gasteiger charge is 2.23. The van der Waals surface area contributed by atoms with E-state index in [1.165, 1.54) is 14.0 Å². The lowest BCUT2D eigenvalue weighted by molar-refractivity contribution is -0.160. The predicted molar refractivity (Wildman–Crippen MR) is 47.0 cm³/mol. The Bertz CT molecular complexity index is 186. The Labute approximate surface area is 78.2 Å². The van der Waals surface area contributed by atoms with E-state index in [0.717, 1.165) is 0 Å². The highest BCUT2D eigenvalue weighted by molar-refractivity contribution is 5.94. The summed E-state index contributed by atoms with van der Waals surface area (Å²) in [7, 11) is 1.24. The van der Waals surface area contributed by atoms with Crippen molar-refractivity contribution in [3.05, 3.63) is 0 Å². The zero-order valence-electron chi connectivity index (χ0n) is 8.49. The molecule has 0 rings (SSSR count). The highest BCUT2D eigenvalue weighted by atomic mass is 16.5. The summed E-state index contributed by atoms with van der Waals surface area (Å²) < 4.78 is 9.25. The average Bonchev–Trinajstić information content (AvgIpc) is 2.11. The first-order valence-electron chi connectivity index (χ1n) is 4.23. The van der Waals surface area contributed by atoms with Crippen molar-refractivity contribution in [3.63, 3.8) is 0 Å². The van der Waals surface area contributed by atoms with Crippen LogP contribution >= 0.6 is 0 Å². The molecule has 0 bridgehead atoms. The van der Waals surface area contributed by atoms with Gasteiger partial charge in [0.2, 0.25) is 0 Å². The minimum Gasteiger partial charge on any atom is -0.468 e. The lowest BCUT2D eigenvalue weighted by atomic mass is 10.2. The van der Waals surface area contributed by atoms with Crippen LogP contribution in [0.5, 0.6) is 0 Å². The minimum atomic E-state index is -0.830. The largest absolute Gasteiger partial charge is 0.468 e. The second-order valence-corrected chi connectivity index (χ2v) is 3.27. The van der Waals surface area contributed by atoms with Gasteiger partial charge in [-0.1, -0.05) is 13.8 Å². The molecule has 0 amide bonds. The van der Waals surface area contributed by atoms with Gasteiger partial charge in [0.1, 0.15) is 0 Å². The van der Waals surface area contributed by atoms with Crippen molar-refractivity contribution < 1.29 is 19.1 Å². The number of methoxy groups -OCH3 is 1. The van der Waals surface area contributed by atoms with E-state index in [1.54, 1.807) is 0 Å². The molecule has 1 atom stereocenters. The quantitative estimate of drug-likeness (QED) is 0.487. The molecule has 1 unspecified atom stereocenters. The van der Waals surface area contributed by atoms with Crippen molar-refractivity contribution in [2.24, 2.45) is 11.8 Å². The predicted octanol–water partition coefficient (Wildman–Crippen LogP) is 0.995. The maximum absolute atomic E-state index is 11.1. The molecular weight excluding hydrogens is 172 g/mol. The zero-order valence-corrected chi connectivity index (χ0v) is 8.49. The topological polar surface area (TPSA) is 52.6 Å². The van der Waals surface area contributed by atoms with Crippen molar-refractivity contribution in [1.29, 1.82) is 0 Å². The Morgan fingerprint density at radius 3 is 2.08 bits per heavy atom. The third kappa shape index (κ3) is 4.50. The molecule has 0 saturated carbocycles. The molecule has 0 aliphatic heterocycles. The Morgan fingerprint density at radius 2 is 1.69 bits per heavy atom. The first kappa shape index (κ1) is 11.9. The van der Waals surface area contributed by atoms with Crippen LogP contribution < -0.4 is 0 Å². The van der Waals surface area contributed by atoms with Crippen LogP contribution in [-0.2, 0) is 19.1 Å². The molecule has 0 radical (unpaired) electrons. The Hall–Kier alpha value is -1.06. The van der Waals surface area contributed by atoms with Crippen LogP contribution in [0.2, 0.25) is 0 Å². The van der Waals surface area contributed by atoms with Crippen LogP contribution in [0.3, 0.4) is 0 Å². The number of carbonyl (C=O) groups excluding carboxylic acids is 2. The van der Waals surface area contributed by atoms with Gasteiger partial charge in [-0.25, -0.2) is 0 Å². The summed E-state index contributed by atoms with van der Waals surface area (Å²) in [6, 6.07) is 0. The Balaban J connectivity index is 3.90. The number of rotatable bonds is 4. The second kappa shape index (κ2) is 5.56. The molecule has 0 aliphatic carbocycles. The fourth-order valence-electron chi connectivity index (χ4n) is 0.647. The van der Waals surface area contributed by atoms with Gasteiger partial charge in [0.15, 0.2) is 5.92 Å². The van der Waals surface area contributed by atoms with Crippen molar-refractivity contribution in [2.75, 3.05) is 13.7 Å². The molecule has 4 nitrogen and oxygen atoms in total. The third-order valence-corrected chi connectivity index (χ3v) is 1.47. The summed E-state index contributed by atoms with van der Waals surface area (Å²) in [5, 5.41) is 0. The van der Waals surface area contributed by atoms with Crippen LogP contribution in [-0.4, -0.2) is 25.7 Å².